The Morgan fingerprint density at radius 3 is 2.44 bits per heavy atom. The minimum absolute atomic E-state index is 0.0693. The van der Waals surface area contributed by atoms with Crippen molar-refractivity contribution in [2.45, 2.75) is 46.0 Å². The van der Waals surface area contributed by atoms with Crippen molar-refractivity contribution < 1.29 is 15.4 Å². The van der Waals surface area contributed by atoms with E-state index < -0.39 is 0 Å². The standard InChI is InChI=1S/C14H21NO3/c1-3-4-5-6-7-11-8-12(10(2)15-18)14(17)9-13(11)16/h8-9,16-18H,3-7H2,1-2H3. The van der Waals surface area contributed by atoms with E-state index in [0.29, 0.717) is 11.3 Å². The number of phenols is 2. The lowest BCUT2D eigenvalue weighted by atomic mass is 10.0. The Balaban J connectivity index is 2.85. The number of rotatable bonds is 6. The molecule has 0 amide bonds. The molecule has 0 radical (unpaired) electrons. The van der Waals surface area contributed by atoms with Crippen LogP contribution >= 0.6 is 0 Å². The van der Waals surface area contributed by atoms with Crippen molar-refractivity contribution in [1.82, 2.24) is 0 Å². The van der Waals surface area contributed by atoms with E-state index in [2.05, 4.69) is 12.1 Å². The second-order valence-corrected chi connectivity index (χ2v) is 4.49. The minimum Gasteiger partial charge on any atom is -0.508 e. The molecule has 1 rings (SSSR count). The summed E-state index contributed by atoms with van der Waals surface area (Å²) in [5.41, 5.74) is 1.57. The van der Waals surface area contributed by atoms with E-state index >= 15 is 0 Å². The molecule has 0 aliphatic rings. The van der Waals surface area contributed by atoms with E-state index in [9.17, 15) is 10.2 Å². The molecule has 18 heavy (non-hydrogen) atoms. The average molecular weight is 251 g/mol. The van der Waals surface area contributed by atoms with Crippen LogP contribution in [0.2, 0.25) is 0 Å². The summed E-state index contributed by atoms with van der Waals surface area (Å²) in [6, 6.07) is 2.99. The average Bonchev–Trinajstić information content (AvgIpc) is 2.36. The van der Waals surface area contributed by atoms with Gasteiger partial charge in [-0.15, -0.1) is 0 Å². The van der Waals surface area contributed by atoms with Gasteiger partial charge < -0.3 is 15.4 Å². The maximum absolute atomic E-state index is 9.76. The van der Waals surface area contributed by atoms with Crippen molar-refractivity contribution in [3.63, 3.8) is 0 Å². The zero-order valence-electron chi connectivity index (χ0n) is 11.0. The molecule has 100 valence electrons. The molecule has 4 nitrogen and oxygen atoms in total. The van der Waals surface area contributed by atoms with Crippen molar-refractivity contribution in [1.29, 1.82) is 0 Å². The predicted molar refractivity (Wildman–Crippen MR) is 71.6 cm³/mol. The molecule has 3 N–H and O–H groups in total. The highest BCUT2D eigenvalue weighted by molar-refractivity contribution is 6.01. The molecule has 0 aliphatic heterocycles. The first-order valence-corrected chi connectivity index (χ1v) is 6.34. The van der Waals surface area contributed by atoms with Crippen LogP contribution in [0.5, 0.6) is 11.5 Å². The van der Waals surface area contributed by atoms with Crippen LogP contribution in [0.25, 0.3) is 0 Å². The highest BCUT2D eigenvalue weighted by atomic mass is 16.4. The van der Waals surface area contributed by atoms with E-state index in [1.54, 1.807) is 13.0 Å². The Morgan fingerprint density at radius 1 is 1.11 bits per heavy atom. The van der Waals surface area contributed by atoms with Gasteiger partial charge in [-0.25, -0.2) is 0 Å². The van der Waals surface area contributed by atoms with Gasteiger partial charge in [0.15, 0.2) is 0 Å². The number of hydrogen-bond acceptors (Lipinski definition) is 4. The Kier molecular flexibility index (Phi) is 5.49. The summed E-state index contributed by atoms with van der Waals surface area (Å²) in [6.07, 6.45) is 5.24. The van der Waals surface area contributed by atoms with Crippen LogP contribution in [0.4, 0.5) is 0 Å². The Labute approximate surface area is 108 Å². The lowest BCUT2D eigenvalue weighted by molar-refractivity contribution is 0.318. The molecule has 0 unspecified atom stereocenters. The van der Waals surface area contributed by atoms with Gasteiger partial charge in [0, 0.05) is 11.6 Å². The largest absolute Gasteiger partial charge is 0.508 e. The van der Waals surface area contributed by atoms with Crippen molar-refractivity contribution in [2.24, 2.45) is 5.16 Å². The molecule has 0 spiro atoms. The van der Waals surface area contributed by atoms with Gasteiger partial charge in [-0.3, -0.25) is 0 Å². The normalized spacial score (nSPS) is 11.8. The summed E-state index contributed by atoms with van der Waals surface area (Å²) in [6.45, 7) is 3.75. The first kappa shape index (κ1) is 14.4. The summed E-state index contributed by atoms with van der Waals surface area (Å²) in [5, 5.41) is 31.2. The van der Waals surface area contributed by atoms with Crippen LogP contribution in [-0.4, -0.2) is 21.1 Å². The molecule has 0 atom stereocenters. The monoisotopic (exact) mass is 251 g/mol. The minimum atomic E-state index is -0.0693. The Morgan fingerprint density at radius 2 is 1.83 bits per heavy atom. The summed E-state index contributed by atoms with van der Waals surface area (Å²) in [4.78, 5) is 0. The first-order chi connectivity index (χ1) is 8.60. The number of phenolic OH excluding ortho intramolecular Hbond substituents is 2. The van der Waals surface area contributed by atoms with Gasteiger partial charge in [0.25, 0.3) is 0 Å². The topological polar surface area (TPSA) is 73.1 Å². The van der Waals surface area contributed by atoms with Gasteiger partial charge in [0.2, 0.25) is 0 Å². The van der Waals surface area contributed by atoms with E-state index in [0.717, 1.165) is 24.8 Å². The number of unbranched alkanes of at least 4 members (excludes halogenated alkanes) is 3. The van der Waals surface area contributed by atoms with Gasteiger partial charge >= 0.3 is 0 Å². The summed E-state index contributed by atoms with van der Waals surface area (Å²) >= 11 is 0. The zero-order valence-corrected chi connectivity index (χ0v) is 11.0. The van der Waals surface area contributed by atoms with E-state index in [-0.39, 0.29) is 11.5 Å². The molecule has 0 bridgehead atoms. The van der Waals surface area contributed by atoms with E-state index in [1.807, 2.05) is 0 Å². The van der Waals surface area contributed by atoms with Crippen LogP contribution in [0.1, 0.15) is 50.7 Å². The number of benzene rings is 1. The van der Waals surface area contributed by atoms with Gasteiger partial charge in [-0.1, -0.05) is 31.3 Å². The van der Waals surface area contributed by atoms with Gasteiger partial charge in [-0.05, 0) is 31.4 Å². The number of nitrogens with zero attached hydrogens (tertiary/aromatic N) is 1. The molecule has 4 heteroatoms. The molecule has 0 saturated heterocycles. The SMILES string of the molecule is CCCCCCc1cc(C(C)=NO)c(O)cc1O. The third kappa shape index (κ3) is 3.65. The second-order valence-electron chi connectivity index (χ2n) is 4.49. The fourth-order valence-corrected chi connectivity index (χ4v) is 1.91. The molecular formula is C14H21NO3. The van der Waals surface area contributed by atoms with Crippen LogP contribution in [0.3, 0.4) is 0 Å². The highest BCUT2D eigenvalue weighted by Crippen LogP contribution is 2.29. The van der Waals surface area contributed by atoms with Gasteiger partial charge in [-0.2, -0.15) is 0 Å². The van der Waals surface area contributed by atoms with Crippen LogP contribution in [0.15, 0.2) is 17.3 Å². The molecule has 1 aromatic rings. The van der Waals surface area contributed by atoms with Crippen molar-refractivity contribution >= 4 is 5.71 Å². The molecule has 0 fully saturated rings. The second kappa shape index (κ2) is 6.89. The van der Waals surface area contributed by atoms with E-state index in [1.165, 1.54) is 18.9 Å². The van der Waals surface area contributed by atoms with Gasteiger partial charge in [0.05, 0.1) is 5.71 Å². The van der Waals surface area contributed by atoms with Crippen molar-refractivity contribution in [2.75, 3.05) is 0 Å². The maximum Gasteiger partial charge on any atom is 0.128 e. The predicted octanol–water partition coefficient (Wildman–Crippen LogP) is 3.42. The summed E-state index contributed by atoms with van der Waals surface area (Å²) in [7, 11) is 0. The fraction of sp³-hybridized carbons (Fsp3) is 0.500. The van der Waals surface area contributed by atoms with Crippen LogP contribution < -0.4 is 0 Å². The molecule has 0 heterocycles. The van der Waals surface area contributed by atoms with Crippen molar-refractivity contribution in [3.8, 4) is 11.5 Å². The summed E-state index contributed by atoms with van der Waals surface area (Å²) < 4.78 is 0. The first-order valence-electron chi connectivity index (χ1n) is 6.34. The lowest BCUT2D eigenvalue weighted by Crippen LogP contribution is -1.98. The van der Waals surface area contributed by atoms with Gasteiger partial charge in [0.1, 0.15) is 11.5 Å². The number of aromatic hydroxyl groups is 2. The van der Waals surface area contributed by atoms with E-state index in [4.69, 9.17) is 5.21 Å². The molecule has 1 aromatic carbocycles. The molecule has 0 aromatic heterocycles. The number of hydrogen-bond donors (Lipinski definition) is 3. The third-order valence-corrected chi connectivity index (χ3v) is 3.04. The molecule has 0 saturated carbocycles. The number of aryl methyl sites for hydroxylation is 1. The molecule has 0 aliphatic carbocycles. The zero-order chi connectivity index (χ0) is 13.5. The quantitative estimate of drug-likeness (QED) is 0.314. The lowest BCUT2D eigenvalue weighted by Gasteiger charge is -2.09. The fourth-order valence-electron chi connectivity index (χ4n) is 1.91. The smallest absolute Gasteiger partial charge is 0.128 e. The number of oxime groups is 1. The Hall–Kier alpha value is -1.71. The summed E-state index contributed by atoms with van der Waals surface area (Å²) in [5.74, 6) is 0.0265. The maximum atomic E-state index is 9.76. The Bertz CT molecular complexity index is 427. The van der Waals surface area contributed by atoms with Crippen molar-refractivity contribution in [3.05, 3.63) is 23.3 Å². The van der Waals surface area contributed by atoms with Crippen LogP contribution in [-0.2, 0) is 6.42 Å². The van der Waals surface area contributed by atoms with Crippen LogP contribution in [0, 0.1) is 0 Å². The highest BCUT2D eigenvalue weighted by Gasteiger charge is 2.11. The third-order valence-electron chi connectivity index (χ3n) is 3.04. The molecular weight excluding hydrogens is 230 g/mol.